The number of hydrogen-bond acceptors (Lipinski definition) is 3. The minimum atomic E-state index is -0.279. The van der Waals surface area contributed by atoms with Crippen LogP contribution in [0.25, 0.3) is 0 Å². The Hall–Kier alpha value is -1.10. The third-order valence-electron chi connectivity index (χ3n) is 2.38. The Kier molecular flexibility index (Phi) is 2.65. The number of rotatable bonds is 1. The number of amides is 2. The summed E-state index contributed by atoms with van der Waals surface area (Å²) in [5, 5.41) is 0. The van der Waals surface area contributed by atoms with E-state index in [1.54, 1.807) is 6.07 Å². The Morgan fingerprint density at radius 3 is 2.87 bits per heavy atom. The monoisotopic (exact) mass is 271 g/mol. The first-order chi connectivity index (χ1) is 7.08. The molecule has 1 aromatic heterocycles. The molecule has 0 N–H and O–H groups in total. The Morgan fingerprint density at radius 1 is 1.67 bits per heavy atom. The lowest BCUT2D eigenvalue weighted by Crippen LogP contribution is -2.31. The predicted molar refractivity (Wildman–Crippen MR) is 56.2 cm³/mol. The number of carbonyl (C=O) groups is 2. The third-order valence-corrected chi connectivity index (χ3v) is 2.79. The van der Waals surface area contributed by atoms with Crippen molar-refractivity contribution < 1.29 is 14.0 Å². The molecule has 2 rings (SSSR count). The zero-order valence-corrected chi connectivity index (χ0v) is 9.78. The number of halogens is 1. The number of imide groups is 1. The van der Waals surface area contributed by atoms with Crippen LogP contribution in [0.5, 0.6) is 0 Å². The molecule has 1 aliphatic heterocycles. The molecule has 0 aromatic carbocycles. The smallest absolute Gasteiger partial charge is 0.263 e. The first-order valence-electron chi connectivity index (χ1n) is 4.66. The highest BCUT2D eigenvalue weighted by atomic mass is 79.9. The lowest BCUT2D eigenvalue weighted by molar-refractivity contribution is -0.125. The maximum atomic E-state index is 11.8. The third kappa shape index (κ3) is 1.97. The minimum absolute atomic E-state index is 0.107. The molecule has 80 valence electrons. The minimum Gasteiger partial charge on any atom is -0.457 e. The van der Waals surface area contributed by atoms with Crippen LogP contribution in [0.15, 0.2) is 21.4 Å². The van der Waals surface area contributed by atoms with E-state index in [4.69, 9.17) is 4.42 Å². The molecule has 5 heteroatoms. The summed E-state index contributed by atoms with van der Waals surface area (Å²) in [6.45, 7) is 2.46. The topological polar surface area (TPSA) is 50.5 Å². The maximum Gasteiger partial charge on any atom is 0.263 e. The molecule has 2 amide bonds. The Morgan fingerprint density at radius 2 is 2.40 bits per heavy atom. The highest BCUT2D eigenvalue weighted by molar-refractivity contribution is 9.10. The van der Waals surface area contributed by atoms with Crippen LogP contribution >= 0.6 is 15.9 Å². The second-order valence-corrected chi connectivity index (χ2v) is 4.54. The molecular weight excluding hydrogens is 262 g/mol. The molecule has 15 heavy (non-hydrogen) atoms. The van der Waals surface area contributed by atoms with Crippen LogP contribution in [0.1, 0.15) is 23.7 Å². The Bertz CT molecular complexity index is 413. The lowest BCUT2D eigenvalue weighted by atomic mass is 10.2. The van der Waals surface area contributed by atoms with Crippen LogP contribution < -0.4 is 0 Å². The quantitative estimate of drug-likeness (QED) is 0.735. The summed E-state index contributed by atoms with van der Waals surface area (Å²) in [5.74, 6) is -0.139. The molecule has 1 unspecified atom stereocenters. The second-order valence-electron chi connectivity index (χ2n) is 3.76. The van der Waals surface area contributed by atoms with Gasteiger partial charge in [-0.15, -0.1) is 0 Å². The molecule has 0 radical (unpaired) electrons. The summed E-state index contributed by atoms with van der Waals surface area (Å²) < 4.78 is 5.46. The average molecular weight is 272 g/mol. The molecule has 1 fully saturated rings. The number of furan rings is 1. The molecule has 2 heterocycles. The largest absolute Gasteiger partial charge is 0.457 e. The number of nitrogens with zero attached hydrogens (tertiary/aromatic N) is 1. The maximum absolute atomic E-state index is 11.8. The summed E-state index contributed by atoms with van der Waals surface area (Å²) in [7, 11) is 0. The number of likely N-dealkylation sites (tertiary alicyclic amines) is 1. The number of carbonyl (C=O) groups excluding carboxylic acids is 2. The van der Waals surface area contributed by atoms with Crippen molar-refractivity contribution in [3.8, 4) is 0 Å². The van der Waals surface area contributed by atoms with Gasteiger partial charge in [0.15, 0.2) is 4.67 Å². The highest BCUT2D eigenvalue weighted by Gasteiger charge is 2.32. The summed E-state index contributed by atoms with van der Waals surface area (Å²) in [6.07, 6.45) is 1.80. The SMILES string of the molecule is CC1CC(=O)N(C(=O)c2coc(Br)c2)C1. The summed E-state index contributed by atoms with van der Waals surface area (Å²) in [5.41, 5.74) is 0.407. The van der Waals surface area contributed by atoms with Gasteiger partial charge in [-0.1, -0.05) is 6.92 Å². The Labute approximate surface area is 95.4 Å². The van der Waals surface area contributed by atoms with E-state index < -0.39 is 0 Å². The van der Waals surface area contributed by atoms with E-state index >= 15 is 0 Å². The standard InChI is InChI=1S/C10H10BrNO3/c1-6-2-9(13)12(4-6)10(14)7-3-8(11)15-5-7/h3,5-6H,2,4H2,1H3. The average Bonchev–Trinajstić information content (AvgIpc) is 2.71. The van der Waals surface area contributed by atoms with Gasteiger partial charge in [0.25, 0.3) is 5.91 Å². The van der Waals surface area contributed by atoms with Crippen molar-refractivity contribution in [3.63, 3.8) is 0 Å². The summed E-state index contributed by atoms with van der Waals surface area (Å²) in [6, 6.07) is 1.57. The molecule has 0 aliphatic carbocycles. The first-order valence-corrected chi connectivity index (χ1v) is 5.46. The fourth-order valence-corrected chi connectivity index (χ4v) is 2.00. The zero-order chi connectivity index (χ0) is 11.0. The molecule has 1 aliphatic rings. The second kappa shape index (κ2) is 3.81. The molecule has 4 nitrogen and oxygen atoms in total. The molecular formula is C10H10BrNO3. The van der Waals surface area contributed by atoms with E-state index in [0.29, 0.717) is 23.2 Å². The van der Waals surface area contributed by atoms with Gasteiger partial charge in [0, 0.05) is 19.0 Å². The van der Waals surface area contributed by atoms with E-state index in [0.717, 1.165) is 0 Å². The van der Waals surface area contributed by atoms with Gasteiger partial charge < -0.3 is 4.42 Å². The summed E-state index contributed by atoms with van der Waals surface area (Å²) in [4.78, 5) is 24.6. The van der Waals surface area contributed by atoms with Crippen LogP contribution in [0.4, 0.5) is 0 Å². The van der Waals surface area contributed by atoms with Gasteiger partial charge in [0.05, 0.1) is 5.56 Å². The van der Waals surface area contributed by atoms with Gasteiger partial charge in [-0.25, -0.2) is 0 Å². The van der Waals surface area contributed by atoms with Crippen molar-refractivity contribution in [2.24, 2.45) is 5.92 Å². The van der Waals surface area contributed by atoms with E-state index in [2.05, 4.69) is 15.9 Å². The fraction of sp³-hybridized carbons (Fsp3) is 0.400. The van der Waals surface area contributed by atoms with Crippen molar-refractivity contribution >= 4 is 27.7 Å². The van der Waals surface area contributed by atoms with Crippen molar-refractivity contribution in [1.82, 2.24) is 4.90 Å². The van der Waals surface area contributed by atoms with Gasteiger partial charge in [-0.3, -0.25) is 14.5 Å². The van der Waals surface area contributed by atoms with Crippen LogP contribution in [0, 0.1) is 5.92 Å². The molecule has 1 saturated heterocycles. The Balaban J connectivity index is 2.18. The van der Waals surface area contributed by atoms with Gasteiger partial charge >= 0.3 is 0 Å². The van der Waals surface area contributed by atoms with E-state index in [-0.39, 0.29) is 17.7 Å². The van der Waals surface area contributed by atoms with E-state index in [9.17, 15) is 9.59 Å². The van der Waals surface area contributed by atoms with Crippen molar-refractivity contribution in [2.45, 2.75) is 13.3 Å². The summed E-state index contributed by atoms with van der Waals surface area (Å²) >= 11 is 3.11. The first kappa shape index (κ1) is 10.4. The van der Waals surface area contributed by atoms with Gasteiger partial charge in [-0.2, -0.15) is 0 Å². The lowest BCUT2D eigenvalue weighted by Gasteiger charge is -2.11. The van der Waals surface area contributed by atoms with Gasteiger partial charge in [0.1, 0.15) is 6.26 Å². The fourth-order valence-electron chi connectivity index (χ4n) is 1.66. The van der Waals surface area contributed by atoms with Crippen molar-refractivity contribution in [3.05, 3.63) is 22.6 Å². The predicted octanol–water partition coefficient (Wildman–Crippen LogP) is 2.05. The molecule has 0 saturated carbocycles. The molecule has 1 aromatic rings. The molecule has 0 bridgehead atoms. The van der Waals surface area contributed by atoms with Gasteiger partial charge in [-0.05, 0) is 21.8 Å². The van der Waals surface area contributed by atoms with Crippen LogP contribution in [0.2, 0.25) is 0 Å². The zero-order valence-electron chi connectivity index (χ0n) is 8.20. The normalized spacial score (nSPS) is 21.1. The highest BCUT2D eigenvalue weighted by Crippen LogP contribution is 2.21. The van der Waals surface area contributed by atoms with Gasteiger partial charge in [0.2, 0.25) is 5.91 Å². The van der Waals surface area contributed by atoms with Crippen molar-refractivity contribution in [1.29, 1.82) is 0 Å². The van der Waals surface area contributed by atoms with Crippen LogP contribution in [-0.4, -0.2) is 23.3 Å². The van der Waals surface area contributed by atoms with Crippen molar-refractivity contribution in [2.75, 3.05) is 6.54 Å². The van der Waals surface area contributed by atoms with E-state index in [1.807, 2.05) is 6.92 Å². The van der Waals surface area contributed by atoms with Crippen LogP contribution in [0.3, 0.4) is 0 Å². The van der Waals surface area contributed by atoms with Crippen LogP contribution in [-0.2, 0) is 4.79 Å². The molecule has 1 atom stereocenters. The van der Waals surface area contributed by atoms with E-state index in [1.165, 1.54) is 11.2 Å². The molecule has 0 spiro atoms. The number of hydrogen-bond donors (Lipinski definition) is 0.